The van der Waals surface area contributed by atoms with Crippen molar-refractivity contribution < 1.29 is 0 Å². The molecule has 0 saturated heterocycles. The maximum atomic E-state index is 5.64. The predicted octanol–water partition coefficient (Wildman–Crippen LogP) is 4.28. The van der Waals surface area contributed by atoms with Gasteiger partial charge in [-0.05, 0) is 13.8 Å². The van der Waals surface area contributed by atoms with E-state index in [-0.39, 0.29) is 5.95 Å². The fourth-order valence-electron chi connectivity index (χ4n) is 3.43. The number of aromatic amines is 2. The highest BCUT2D eigenvalue weighted by molar-refractivity contribution is 8.00. The van der Waals surface area contributed by atoms with E-state index in [0.29, 0.717) is 33.5 Å². The van der Waals surface area contributed by atoms with Crippen LogP contribution >= 0.6 is 23.5 Å². The highest BCUT2D eigenvalue weighted by Gasteiger charge is 2.11. The molecule has 0 spiro atoms. The summed E-state index contributed by atoms with van der Waals surface area (Å²) < 4.78 is 1.97. The van der Waals surface area contributed by atoms with E-state index < -0.39 is 0 Å². The molecule has 0 unspecified atom stereocenters. The standard InChI is InChI=1S/C8H11N5S.C8H11N5.C8H10N4S/c1-4(2)14-7-5-6(11-3-10-5)12-8(9)13-7;1-5(2)13-4-12-6-7(9)10-3-11-8(6)13;1-5(2)13-8-6-7(10-3-9-6)11-4-12-8/h3-4H,1-2H3,(H3,9,10,11,12,13);3-5H,1-2H3,(H2,9,10,11);3-5H,1-2H3,(H,9,10,11,12). The van der Waals surface area contributed by atoms with Crippen molar-refractivity contribution in [3.05, 3.63) is 31.6 Å². The van der Waals surface area contributed by atoms with Gasteiger partial charge in [0.2, 0.25) is 5.95 Å². The summed E-state index contributed by atoms with van der Waals surface area (Å²) in [6.07, 6.45) is 7.99. The number of nitrogens with one attached hydrogen (secondary N) is 2. The number of nitrogens with zero attached hydrogens (tertiary/aromatic N) is 10. The Balaban J connectivity index is 0.000000139. The first kappa shape index (κ1) is 28.9. The van der Waals surface area contributed by atoms with Gasteiger partial charge >= 0.3 is 0 Å². The topological polar surface area (TPSA) is 205 Å². The second kappa shape index (κ2) is 12.9. The molecule has 0 aliphatic heterocycles. The van der Waals surface area contributed by atoms with Gasteiger partial charge in [0.05, 0.1) is 19.0 Å². The van der Waals surface area contributed by atoms with Gasteiger partial charge in [-0.3, -0.25) is 0 Å². The molecule has 0 aliphatic rings. The fourth-order valence-corrected chi connectivity index (χ4v) is 5.12. The van der Waals surface area contributed by atoms with Gasteiger partial charge in [0.15, 0.2) is 22.8 Å². The third kappa shape index (κ3) is 6.93. The van der Waals surface area contributed by atoms with Gasteiger partial charge in [0.1, 0.15) is 39.3 Å². The van der Waals surface area contributed by atoms with E-state index in [1.54, 1.807) is 48.8 Å². The Bertz CT molecular complexity index is 1690. The predicted molar refractivity (Wildman–Crippen MR) is 160 cm³/mol. The highest BCUT2D eigenvalue weighted by Crippen LogP contribution is 2.27. The molecule has 40 heavy (non-hydrogen) atoms. The van der Waals surface area contributed by atoms with Gasteiger partial charge < -0.3 is 26.0 Å². The van der Waals surface area contributed by atoms with Gasteiger partial charge in [0.25, 0.3) is 0 Å². The monoisotopic (exact) mass is 580 g/mol. The molecule has 6 aromatic heterocycles. The Kier molecular flexibility index (Phi) is 9.31. The van der Waals surface area contributed by atoms with Crippen LogP contribution in [0.2, 0.25) is 0 Å². The number of nitrogens with two attached hydrogens (primary N) is 2. The first-order valence-corrected chi connectivity index (χ1v) is 14.3. The molecular formula is C24H32N14S2. The Hall–Kier alpha value is -4.05. The quantitative estimate of drug-likeness (QED) is 0.166. The number of aromatic nitrogens is 12. The summed E-state index contributed by atoms with van der Waals surface area (Å²) in [5, 5.41) is 2.80. The Morgan fingerprint density at radius 2 is 1.32 bits per heavy atom. The zero-order valence-electron chi connectivity index (χ0n) is 23.1. The molecule has 0 amide bonds. The largest absolute Gasteiger partial charge is 0.382 e. The van der Waals surface area contributed by atoms with Crippen LogP contribution in [0.3, 0.4) is 0 Å². The number of nitrogen functional groups attached to an aromatic ring is 2. The molecule has 6 aromatic rings. The molecule has 0 bridgehead atoms. The van der Waals surface area contributed by atoms with E-state index in [1.165, 1.54) is 6.33 Å². The maximum absolute atomic E-state index is 5.64. The van der Waals surface area contributed by atoms with Crippen molar-refractivity contribution in [1.82, 2.24) is 59.4 Å². The minimum atomic E-state index is 0.271. The Morgan fingerprint density at radius 3 is 2.00 bits per heavy atom. The highest BCUT2D eigenvalue weighted by atomic mass is 32.2. The molecule has 6 heterocycles. The SMILES string of the molecule is CC(C)Sc1nc(N)nc2nc[nH]c12.CC(C)Sc1ncnc2nc[nH]c12.CC(C)n1cnc2c(N)ncnc21. The lowest BCUT2D eigenvalue weighted by molar-refractivity contribution is 0.612. The molecule has 210 valence electrons. The van der Waals surface area contributed by atoms with Crippen molar-refractivity contribution in [3.63, 3.8) is 0 Å². The third-order valence-corrected chi connectivity index (χ3v) is 7.09. The first-order chi connectivity index (χ1) is 19.1. The van der Waals surface area contributed by atoms with Crippen LogP contribution < -0.4 is 11.5 Å². The van der Waals surface area contributed by atoms with Gasteiger partial charge in [-0.1, -0.05) is 27.7 Å². The third-order valence-electron chi connectivity index (χ3n) is 5.10. The van der Waals surface area contributed by atoms with Crippen LogP contribution in [0.1, 0.15) is 47.6 Å². The minimum absolute atomic E-state index is 0.271. The maximum Gasteiger partial charge on any atom is 0.223 e. The Morgan fingerprint density at radius 1 is 0.700 bits per heavy atom. The smallest absolute Gasteiger partial charge is 0.223 e. The van der Waals surface area contributed by atoms with E-state index in [4.69, 9.17) is 11.5 Å². The van der Waals surface area contributed by atoms with Crippen molar-refractivity contribution in [2.24, 2.45) is 0 Å². The normalized spacial score (nSPS) is 11.3. The molecule has 0 saturated carbocycles. The van der Waals surface area contributed by atoms with Crippen molar-refractivity contribution in [2.75, 3.05) is 11.5 Å². The Labute approximate surface area is 239 Å². The van der Waals surface area contributed by atoms with Crippen LogP contribution in [0.25, 0.3) is 33.5 Å². The van der Waals surface area contributed by atoms with Crippen LogP contribution in [0, 0.1) is 0 Å². The van der Waals surface area contributed by atoms with E-state index in [1.807, 2.05) is 4.57 Å². The zero-order valence-corrected chi connectivity index (χ0v) is 24.7. The minimum Gasteiger partial charge on any atom is -0.382 e. The van der Waals surface area contributed by atoms with Crippen LogP contribution in [0.4, 0.5) is 11.8 Å². The lowest BCUT2D eigenvalue weighted by Gasteiger charge is -2.05. The van der Waals surface area contributed by atoms with E-state index in [2.05, 4.69) is 96.4 Å². The average Bonchev–Trinajstić information content (AvgIpc) is 3.64. The fraction of sp³-hybridized carbons (Fsp3) is 0.375. The molecule has 0 atom stereocenters. The summed E-state index contributed by atoms with van der Waals surface area (Å²) in [4.78, 5) is 42.7. The molecule has 0 radical (unpaired) electrons. The molecule has 6 N–H and O–H groups in total. The van der Waals surface area contributed by atoms with E-state index in [9.17, 15) is 0 Å². The van der Waals surface area contributed by atoms with Gasteiger partial charge in [-0.25, -0.2) is 39.9 Å². The van der Waals surface area contributed by atoms with Crippen molar-refractivity contribution in [2.45, 2.75) is 68.1 Å². The van der Waals surface area contributed by atoms with Gasteiger partial charge in [0, 0.05) is 16.5 Å². The average molecular weight is 581 g/mol. The molecule has 14 nitrogen and oxygen atoms in total. The van der Waals surface area contributed by atoms with Crippen LogP contribution in [-0.4, -0.2) is 69.9 Å². The zero-order chi connectivity index (χ0) is 28.8. The summed E-state index contributed by atoms with van der Waals surface area (Å²) in [7, 11) is 0. The van der Waals surface area contributed by atoms with Crippen molar-refractivity contribution in [1.29, 1.82) is 0 Å². The van der Waals surface area contributed by atoms with E-state index >= 15 is 0 Å². The number of hydrogen-bond donors (Lipinski definition) is 4. The second-order valence-electron chi connectivity index (χ2n) is 9.28. The number of H-pyrrole nitrogens is 2. The first-order valence-electron chi connectivity index (χ1n) is 12.5. The second-order valence-corrected chi connectivity index (χ2v) is 12.4. The lowest BCUT2D eigenvalue weighted by atomic mass is 10.4. The molecule has 16 heteroatoms. The van der Waals surface area contributed by atoms with E-state index in [0.717, 1.165) is 32.4 Å². The lowest BCUT2D eigenvalue weighted by Crippen LogP contribution is -2.00. The van der Waals surface area contributed by atoms with Crippen molar-refractivity contribution in [3.8, 4) is 0 Å². The van der Waals surface area contributed by atoms with Crippen LogP contribution in [0.15, 0.2) is 41.7 Å². The molecular weight excluding hydrogens is 548 g/mol. The summed E-state index contributed by atoms with van der Waals surface area (Å²) >= 11 is 3.35. The molecule has 0 aromatic carbocycles. The van der Waals surface area contributed by atoms with Gasteiger partial charge in [-0.15, -0.1) is 23.5 Å². The van der Waals surface area contributed by atoms with Gasteiger partial charge in [-0.2, -0.15) is 4.98 Å². The number of imidazole rings is 3. The molecule has 6 rings (SSSR count). The summed E-state index contributed by atoms with van der Waals surface area (Å²) in [5.41, 5.74) is 15.8. The molecule has 0 fully saturated rings. The number of fused-ring (bicyclic) bond motifs is 3. The van der Waals surface area contributed by atoms with Crippen molar-refractivity contribution >= 4 is 68.8 Å². The number of rotatable bonds is 5. The molecule has 0 aliphatic carbocycles. The van der Waals surface area contributed by atoms with Crippen LogP contribution in [0.5, 0.6) is 0 Å². The summed E-state index contributed by atoms with van der Waals surface area (Å²) in [5.74, 6) is 0.706. The number of hydrogen-bond acceptors (Lipinski definition) is 13. The summed E-state index contributed by atoms with van der Waals surface area (Å²) in [6.45, 7) is 12.6. The number of anilines is 2. The number of thioether (sulfide) groups is 2. The summed E-state index contributed by atoms with van der Waals surface area (Å²) in [6, 6.07) is 0.333. The van der Waals surface area contributed by atoms with Crippen LogP contribution in [-0.2, 0) is 0 Å².